The first-order valence-corrected chi connectivity index (χ1v) is 8.91. The molecule has 3 atom stereocenters. The number of urea groups is 1. The summed E-state index contributed by atoms with van der Waals surface area (Å²) in [6.07, 6.45) is 1.87. The highest BCUT2D eigenvalue weighted by molar-refractivity contribution is 5.74. The van der Waals surface area contributed by atoms with Crippen molar-refractivity contribution in [3.8, 4) is 5.75 Å². The first-order chi connectivity index (χ1) is 11.5. The van der Waals surface area contributed by atoms with E-state index >= 15 is 0 Å². The number of piperidine rings is 1. The highest BCUT2D eigenvalue weighted by atomic mass is 16.5. The van der Waals surface area contributed by atoms with Gasteiger partial charge >= 0.3 is 6.03 Å². The fourth-order valence-electron chi connectivity index (χ4n) is 3.32. The second-order valence-electron chi connectivity index (χ2n) is 6.89. The van der Waals surface area contributed by atoms with Crippen LogP contribution in [0.1, 0.15) is 26.7 Å². The number of hydrogen-bond donors (Lipinski definition) is 1. The number of para-hydroxylation sites is 1. The van der Waals surface area contributed by atoms with Crippen LogP contribution in [0.4, 0.5) is 4.79 Å². The molecule has 0 aliphatic carbocycles. The van der Waals surface area contributed by atoms with Crippen molar-refractivity contribution in [3.63, 3.8) is 0 Å². The smallest absolute Gasteiger partial charge is 0.317 e. The first kappa shape index (κ1) is 18.6. The van der Waals surface area contributed by atoms with Gasteiger partial charge in [0.25, 0.3) is 0 Å². The van der Waals surface area contributed by atoms with Crippen LogP contribution in [0.2, 0.25) is 0 Å². The normalized spacial score (nSPS) is 22.7. The van der Waals surface area contributed by atoms with E-state index in [1.54, 1.807) is 0 Å². The van der Waals surface area contributed by atoms with Crippen LogP contribution in [0.5, 0.6) is 5.75 Å². The van der Waals surface area contributed by atoms with Crippen molar-refractivity contribution in [2.45, 2.75) is 38.8 Å². The van der Waals surface area contributed by atoms with Gasteiger partial charge in [-0.3, -0.25) is 0 Å². The number of likely N-dealkylation sites (tertiary alicyclic amines) is 1. The van der Waals surface area contributed by atoms with Crippen LogP contribution >= 0.6 is 0 Å². The molecule has 1 aliphatic heterocycles. The van der Waals surface area contributed by atoms with Gasteiger partial charge in [0.1, 0.15) is 12.4 Å². The fourth-order valence-corrected chi connectivity index (χ4v) is 3.32. The van der Waals surface area contributed by atoms with Crippen molar-refractivity contribution in [1.29, 1.82) is 0 Å². The zero-order chi connectivity index (χ0) is 17.5. The molecule has 2 amide bonds. The molecule has 0 spiro atoms. The molecule has 1 aromatic rings. The predicted molar refractivity (Wildman–Crippen MR) is 97.4 cm³/mol. The molecule has 0 bridgehead atoms. The third kappa shape index (κ3) is 5.13. The van der Waals surface area contributed by atoms with Crippen molar-refractivity contribution in [1.82, 2.24) is 15.1 Å². The predicted octanol–water partition coefficient (Wildman–Crippen LogP) is 2.83. The van der Waals surface area contributed by atoms with Crippen LogP contribution in [-0.2, 0) is 0 Å². The quantitative estimate of drug-likeness (QED) is 0.871. The van der Waals surface area contributed by atoms with Crippen LogP contribution in [0.25, 0.3) is 0 Å². The van der Waals surface area contributed by atoms with Crippen molar-refractivity contribution in [3.05, 3.63) is 30.3 Å². The minimum Gasteiger partial charge on any atom is -0.491 e. The Labute approximate surface area is 146 Å². The summed E-state index contributed by atoms with van der Waals surface area (Å²) in [4.78, 5) is 16.8. The van der Waals surface area contributed by atoms with Gasteiger partial charge in [-0.15, -0.1) is 0 Å². The highest BCUT2D eigenvalue weighted by Gasteiger charge is 2.30. The Hall–Kier alpha value is -1.75. The van der Waals surface area contributed by atoms with Gasteiger partial charge in [-0.1, -0.05) is 32.0 Å². The van der Waals surface area contributed by atoms with Gasteiger partial charge in [-0.05, 0) is 44.5 Å². The van der Waals surface area contributed by atoms with Crippen LogP contribution in [-0.4, -0.2) is 61.7 Å². The van der Waals surface area contributed by atoms with E-state index in [9.17, 15) is 4.79 Å². The molecule has 1 aromatic carbocycles. The summed E-state index contributed by atoms with van der Waals surface area (Å²) in [7, 11) is 4.05. The number of carbonyl (C=O) groups excluding carboxylic acids is 1. The van der Waals surface area contributed by atoms with Crippen LogP contribution in [0, 0.1) is 5.92 Å². The zero-order valence-electron chi connectivity index (χ0n) is 15.4. The van der Waals surface area contributed by atoms with Crippen LogP contribution < -0.4 is 10.1 Å². The van der Waals surface area contributed by atoms with Crippen LogP contribution in [0.3, 0.4) is 0 Å². The summed E-state index contributed by atoms with van der Waals surface area (Å²) in [5.74, 6) is 1.32. The maximum atomic E-state index is 12.6. The molecule has 0 aromatic heterocycles. The lowest BCUT2D eigenvalue weighted by molar-refractivity contribution is 0.104. The number of amides is 2. The highest BCUT2D eigenvalue weighted by Crippen LogP contribution is 2.20. The topological polar surface area (TPSA) is 44.8 Å². The van der Waals surface area contributed by atoms with Crippen molar-refractivity contribution in [2.75, 3.05) is 33.8 Å². The van der Waals surface area contributed by atoms with Gasteiger partial charge in [0, 0.05) is 19.6 Å². The number of benzene rings is 1. The molecule has 1 N–H and O–H groups in total. The SMILES string of the molecule is CC[C@H](COc1ccccc1)NC(=O)N(C)[C@@H]1CCN(C)C[C@H]1C. The van der Waals surface area contributed by atoms with Gasteiger partial charge in [0.15, 0.2) is 0 Å². The Morgan fingerprint density at radius 3 is 2.75 bits per heavy atom. The molecule has 0 saturated carbocycles. The van der Waals surface area contributed by atoms with Crippen molar-refractivity contribution < 1.29 is 9.53 Å². The lowest BCUT2D eigenvalue weighted by Crippen LogP contribution is -2.54. The summed E-state index contributed by atoms with van der Waals surface area (Å²) in [6, 6.07) is 10.0. The number of carbonyl (C=O) groups is 1. The molecule has 24 heavy (non-hydrogen) atoms. The standard InChI is InChI=1S/C19H31N3O2/c1-5-16(14-24-17-9-7-6-8-10-17)20-19(23)22(4)18-11-12-21(3)13-15(18)2/h6-10,15-16,18H,5,11-14H2,1-4H3,(H,20,23)/t15-,16-,18-/m1/s1. The molecule has 5 nitrogen and oxygen atoms in total. The average Bonchev–Trinajstić information content (AvgIpc) is 2.58. The Bertz CT molecular complexity index is 509. The van der Waals surface area contributed by atoms with Gasteiger partial charge in [-0.2, -0.15) is 0 Å². The molecule has 1 aliphatic rings. The molecule has 0 unspecified atom stereocenters. The van der Waals surface area contributed by atoms with E-state index in [0.29, 0.717) is 18.6 Å². The average molecular weight is 333 g/mol. The van der Waals surface area contributed by atoms with Crippen molar-refractivity contribution >= 4 is 6.03 Å². The summed E-state index contributed by atoms with van der Waals surface area (Å²) in [5.41, 5.74) is 0. The largest absolute Gasteiger partial charge is 0.491 e. The third-order valence-electron chi connectivity index (χ3n) is 4.90. The Morgan fingerprint density at radius 1 is 1.42 bits per heavy atom. The van der Waals surface area contributed by atoms with Gasteiger partial charge < -0.3 is 19.9 Å². The number of ether oxygens (including phenoxy) is 1. The second kappa shape index (κ2) is 8.92. The molecule has 5 heteroatoms. The Morgan fingerprint density at radius 2 is 2.12 bits per heavy atom. The van der Waals surface area contributed by atoms with E-state index in [1.165, 1.54) is 0 Å². The van der Waals surface area contributed by atoms with E-state index in [4.69, 9.17) is 4.74 Å². The van der Waals surface area contributed by atoms with Crippen LogP contribution in [0.15, 0.2) is 30.3 Å². The number of nitrogens with zero attached hydrogens (tertiary/aromatic N) is 2. The summed E-state index contributed by atoms with van der Waals surface area (Å²) >= 11 is 0. The number of rotatable bonds is 6. The minimum absolute atomic E-state index is 0.0000789. The molecular formula is C19H31N3O2. The zero-order valence-corrected chi connectivity index (χ0v) is 15.4. The summed E-state index contributed by atoms with van der Waals surface area (Å²) in [5, 5.41) is 3.11. The lowest BCUT2D eigenvalue weighted by atomic mass is 9.93. The minimum atomic E-state index is -0.0000789. The summed E-state index contributed by atoms with van der Waals surface area (Å²) in [6.45, 7) is 6.86. The Kier molecular flexibility index (Phi) is 6.91. The van der Waals surface area contributed by atoms with E-state index in [1.807, 2.05) is 42.3 Å². The maximum Gasteiger partial charge on any atom is 0.317 e. The first-order valence-electron chi connectivity index (χ1n) is 8.91. The van der Waals surface area contributed by atoms with E-state index in [0.717, 1.165) is 31.7 Å². The summed E-state index contributed by atoms with van der Waals surface area (Å²) < 4.78 is 5.78. The molecule has 1 fully saturated rings. The van der Waals surface area contributed by atoms with Crippen molar-refractivity contribution in [2.24, 2.45) is 5.92 Å². The van der Waals surface area contributed by atoms with E-state index < -0.39 is 0 Å². The fraction of sp³-hybridized carbons (Fsp3) is 0.632. The lowest BCUT2D eigenvalue weighted by Gasteiger charge is -2.40. The van der Waals surface area contributed by atoms with E-state index in [2.05, 4.69) is 31.1 Å². The molecular weight excluding hydrogens is 302 g/mol. The molecule has 134 valence electrons. The maximum absolute atomic E-state index is 12.6. The van der Waals surface area contributed by atoms with E-state index in [-0.39, 0.29) is 12.1 Å². The van der Waals surface area contributed by atoms with Gasteiger partial charge in [0.05, 0.1) is 6.04 Å². The molecule has 0 radical (unpaired) electrons. The van der Waals surface area contributed by atoms with Gasteiger partial charge in [0.2, 0.25) is 0 Å². The van der Waals surface area contributed by atoms with Gasteiger partial charge in [-0.25, -0.2) is 4.79 Å². The number of nitrogens with one attached hydrogen (secondary N) is 1. The molecule has 1 saturated heterocycles. The Balaban J connectivity index is 1.84. The number of hydrogen-bond acceptors (Lipinski definition) is 3. The monoisotopic (exact) mass is 333 g/mol. The molecule has 2 rings (SSSR count). The third-order valence-corrected chi connectivity index (χ3v) is 4.90. The second-order valence-corrected chi connectivity index (χ2v) is 6.89. The molecule has 1 heterocycles.